The van der Waals surface area contributed by atoms with Crippen molar-refractivity contribution in [1.29, 1.82) is 0 Å². The Morgan fingerprint density at radius 3 is 2.65 bits per heavy atom. The van der Waals surface area contributed by atoms with E-state index in [2.05, 4.69) is 13.2 Å². The summed E-state index contributed by atoms with van der Waals surface area (Å²) < 4.78 is 1.31. The second kappa shape index (κ2) is 8.06. The summed E-state index contributed by atoms with van der Waals surface area (Å²) in [6.07, 6.45) is 5.31. The summed E-state index contributed by atoms with van der Waals surface area (Å²) in [6.45, 7) is 9.60. The predicted octanol–water partition coefficient (Wildman–Crippen LogP) is 4.01. The van der Waals surface area contributed by atoms with Gasteiger partial charge in [-0.15, -0.1) is 0 Å². The first-order valence-corrected chi connectivity index (χ1v) is 8.53. The molecule has 6 heteroatoms. The van der Waals surface area contributed by atoms with Crippen LogP contribution in [0.4, 0.5) is 0 Å². The van der Waals surface area contributed by atoms with E-state index in [4.69, 9.17) is 11.6 Å². The lowest BCUT2D eigenvalue weighted by Crippen LogP contribution is -2.36. The SMILES string of the molecule is C=C/C=C(\C=C)N(CCC)C(=O)c1c(O)c2c(Cl)cccc2n(C)c1=O. The van der Waals surface area contributed by atoms with E-state index in [9.17, 15) is 14.7 Å². The molecule has 0 bridgehead atoms. The van der Waals surface area contributed by atoms with Gasteiger partial charge in [-0.1, -0.05) is 43.8 Å². The number of aromatic hydroxyl groups is 1. The third kappa shape index (κ3) is 3.30. The van der Waals surface area contributed by atoms with E-state index in [-0.39, 0.29) is 16.0 Å². The molecule has 1 aromatic carbocycles. The van der Waals surface area contributed by atoms with Crippen molar-refractivity contribution in [1.82, 2.24) is 9.47 Å². The highest BCUT2D eigenvalue weighted by Gasteiger charge is 2.27. The minimum absolute atomic E-state index is 0.261. The first kappa shape index (κ1) is 19.5. The number of carbonyl (C=O) groups is 1. The van der Waals surface area contributed by atoms with Crippen LogP contribution in [0, 0.1) is 0 Å². The Balaban J connectivity index is 2.79. The molecular formula is C20H21ClN2O3. The minimum Gasteiger partial charge on any atom is -0.506 e. The van der Waals surface area contributed by atoms with Crippen LogP contribution in [0.5, 0.6) is 5.75 Å². The smallest absolute Gasteiger partial charge is 0.267 e. The van der Waals surface area contributed by atoms with Crippen molar-refractivity contribution in [3.8, 4) is 5.75 Å². The number of carbonyl (C=O) groups excluding carboxylic acids is 1. The lowest BCUT2D eigenvalue weighted by atomic mass is 10.1. The van der Waals surface area contributed by atoms with Gasteiger partial charge in [0.2, 0.25) is 0 Å². The second-order valence-corrected chi connectivity index (χ2v) is 6.12. The van der Waals surface area contributed by atoms with Crippen molar-refractivity contribution in [3.63, 3.8) is 0 Å². The van der Waals surface area contributed by atoms with E-state index in [0.717, 1.165) is 0 Å². The molecule has 0 fully saturated rings. The van der Waals surface area contributed by atoms with Crippen LogP contribution in [0.1, 0.15) is 23.7 Å². The number of allylic oxidation sites excluding steroid dienone is 3. The average molecular weight is 373 g/mol. The second-order valence-electron chi connectivity index (χ2n) is 5.71. The molecular weight excluding hydrogens is 352 g/mol. The van der Waals surface area contributed by atoms with Crippen molar-refractivity contribution in [3.05, 3.63) is 76.2 Å². The largest absolute Gasteiger partial charge is 0.506 e. The van der Waals surface area contributed by atoms with Gasteiger partial charge in [0.1, 0.15) is 11.3 Å². The molecule has 0 aliphatic carbocycles. The molecule has 1 amide bonds. The molecule has 0 atom stereocenters. The Bertz CT molecular complexity index is 973. The fourth-order valence-corrected chi connectivity index (χ4v) is 3.08. The lowest BCUT2D eigenvalue weighted by molar-refractivity contribution is 0.0806. The van der Waals surface area contributed by atoms with Crippen molar-refractivity contribution in [2.75, 3.05) is 6.54 Å². The zero-order chi connectivity index (χ0) is 19.4. The van der Waals surface area contributed by atoms with Gasteiger partial charge in [0.05, 0.1) is 15.9 Å². The number of aromatic nitrogens is 1. The van der Waals surface area contributed by atoms with Gasteiger partial charge in [-0.05, 0) is 30.7 Å². The summed E-state index contributed by atoms with van der Waals surface area (Å²) in [5, 5.41) is 11.2. The molecule has 0 unspecified atom stereocenters. The van der Waals surface area contributed by atoms with Gasteiger partial charge in [-0.2, -0.15) is 0 Å². The first-order valence-electron chi connectivity index (χ1n) is 8.16. The molecule has 0 radical (unpaired) electrons. The molecule has 1 N–H and O–H groups in total. The number of aryl methyl sites for hydroxylation is 1. The van der Waals surface area contributed by atoms with Crippen molar-refractivity contribution in [2.24, 2.45) is 7.05 Å². The Kier molecular flexibility index (Phi) is 6.05. The molecule has 1 heterocycles. The zero-order valence-electron chi connectivity index (χ0n) is 14.8. The molecule has 0 aliphatic heterocycles. The van der Waals surface area contributed by atoms with E-state index in [1.165, 1.54) is 28.7 Å². The number of fused-ring (bicyclic) bond motifs is 1. The van der Waals surface area contributed by atoms with Crippen molar-refractivity contribution < 1.29 is 9.90 Å². The van der Waals surface area contributed by atoms with E-state index in [1.54, 1.807) is 24.3 Å². The maximum absolute atomic E-state index is 13.1. The summed E-state index contributed by atoms with van der Waals surface area (Å²) in [7, 11) is 1.54. The Morgan fingerprint density at radius 1 is 1.38 bits per heavy atom. The topological polar surface area (TPSA) is 62.5 Å². The number of hydrogen-bond acceptors (Lipinski definition) is 3. The Hall–Kier alpha value is -2.79. The van der Waals surface area contributed by atoms with E-state index < -0.39 is 17.2 Å². The highest BCUT2D eigenvalue weighted by Crippen LogP contribution is 2.33. The van der Waals surface area contributed by atoms with Crippen LogP contribution >= 0.6 is 11.6 Å². The maximum atomic E-state index is 13.1. The van der Waals surface area contributed by atoms with Crippen LogP contribution < -0.4 is 5.56 Å². The monoisotopic (exact) mass is 372 g/mol. The number of amides is 1. The number of halogens is 1. The first-order chi connectivity index (χ1) is 12.4. The van der Waals surface area contributed by atoms with Crippen LogP contribution in [0.2, 0.25) is 5.02 Å². The van der Waals surface area contributed by atoms with Crippen LogP contribution in [0.3, 0.4) is 0 Å². The number of nitrogens with zero attached hydrogens (tertiary/aromatic N) is 2. The fraction of sp³-hybridized carbons (Fsp3) is 0.200. The summed E-state index contributed by atoms with van der Waals surface area (Å²) in [5.41, 5.74) is 0.0282. The number of rotatable bonds is 6. The average Bonchev–Trinajstić information content (AvgIpc) is 2.62. The minimum atomic E-state index is -0.611. The molecule has 1 aromatic heterocycles. The van der Waals surface area contributed by atoms with Gasteiger partial charge in [-0.3, -0.25) is 9.59 Å². The normalized spacial score (nSPS) is 11.4. The molecule has 26 heavy (non-hydrogen) atoms. The maximum Gasteiger partial charge on any atom is 0.267 e. The molecule has 5 nitrogen and oxygen atoms in total. The Labute approximate surface area is 157 Å². The van der Waals surface area contributed by atoms with Gasteiger partial charge >= 0.3 is 0 Å². The van der Waals surface area contributed by atoms with Gasteiger partial charge in [0, 0.05) is 19.3 Å². The molecule has 0 aliphatic rings. The molecule has 2 aromatic rings. The quantitative estimate of drug-likeness (QED) is 0.779. The fourth-order valence-electron chi connectivity index (χ4n) is 2.82. The van der Waals surface area contributed by atoms with Gasteiger partial charge < -0.3 is 14.6 Å². The van der Waals surface area contributed by atoms with Crippen LogP contribution in [0.25, 0.3) is 10.9 Å². The van der Waals surface area contributed by atoms with Crippen LogP contribution in [-0.2, 0) is 7.05 Å². The number of pyridine rings is 1. The van der Waals surface area contributed by atoms with E-state index in [0.29, 0.717) is 24.2 Å². The summed E-state index contributed by atoms with van der Waals surface area (Å²) in [4.78, 5) is 27.3. The van der Waals surface area contributed by atoms with Crippen molar-refractivity contribution in [2.45, 2.75) is 13.3 Å². The highest BCUT2D eigenvalue weighted by molar-refractivity contribution is 6.36. The highest BCUT2D eigenvalue weighted by atomic mass is 35.5. The van der Waals surface area contributed by atoms with Crippen molar-refractivity contribution >= 4 is 28.4 Å². The van der Waals surface area contributed by atoms with Crippen LogP contribution in [0.15, 0.2) is 60.1 Å². The zero-order valence-corrected chi connectivity index (χ0v) is 15.6. The number of benzene rings is 1. The molecule has 0 spiro atoms. The number of hydrogen-bond donors (Lipinski definition) is 1. The third-order valence-electron chi connectivity index (χ3n) is 4.06. The van der Waals surface area contributed by atoms with Gasteiger partial charge in [0.25, 0.3) is 11.5 Å². The van der Waals surface area contributed by atoms with Gasteiger partial charge in [-0.25, -0.2) is 0 Å². The third-order valence-corrected chi connectivity index (χ3v) is 4.38. The summed E-state index contributed by atoms with van der Waals surface area (Å²) in [5.74, 6) is -1.03. The Morgan fingerprint density at radius 2 is 2.08 bits per heavy atom. The molecule has 136 valence electrons. The van der Waals surface area contributed by atoms with Gasteiger partial charge in [0.15, 0.2) is 0 Å². The van der Waals surface area contributed by atoms with E-state index >= 15 is 0 Å². The molecule has 2 rings (SSSR count). The standard InChI is InChI=1S/C20H21ClN2O3/c1-5-9-13(7-3)23(12-6-2)20(26)17-18(24)16-14(21)10-8-11-15(16)22(4)19(17)25/h5,7-11,24H,1,3,6,12H2,2,4H3/b13-9+. The lowest BCUT2D eigenvalue weighted by Gasteiger charge is -2.24. The molecule has 0 saturated carbocycles. The summed E-state index contributed by atoms with van der Waals surface area (Å²) >= 11 is 6.20. The van der Waals surface area contributed by atoms with Crippen LogP contribution in [-0.4, -0.2) is 27.0 Å². The van der Waals surface area contributed by atoms with E-state index in [1.807, 2.05) is 6.92 Å². The molecule has 0 saturated heterocycles. The predicted molar refractivity (Wildman–Crippen MR) is 106 cm³/mol. The summed E-state index contributed by atoms with van der Waals surface area (Å²) in [6, 6.07) is 4.93.